The summed E-state index contributed by atoms with van der Waals surface area (Å²) in [5.74, 6) is -0.226. The van der Waals surface area contributed by atoms with E-state index in [0.29, 0.717) is 30.4 Å². The molecule has 4 rings (SSSR count). The van der Waals surface area contributed by atoms with E-state index in [1.807, 2.05) is 12.1 Å². The highest BCUT2D eigenvalue weighted by Crippen LogP contribution is 2.32. The second kappa shape index (κ2) is 8.45. The fourth-order valence-electron chi connectivity index (χ4n) is 3.81. The van der Waals surface area contributed by atoms with E-state index in [1.165, 1.54) is 15.6 Å². The highest BCUT2D eigenvalue weighted by molar-refractivity contribution is 7.89. The Hall–Kier alpha value is -2.29. The number of amides is 1. The normalized spacial score (nSPS) is 18.0. The number of piperidine rings is 1. The van der Waals surface area contributed by atoms with Crippen LogP contribution in [0.5, 0.6) is 0 Å². The van der Waals surface area contributed by atoms with E-state index >= 15 is 0 Å². The average molecular weight is 444 g/mol. The van der Waals surface area contributed by atoms with Gasteiger partial charge in [0.2, 0.25) is 15.9 Å². The van der Waals surface area contributed by atoms with Crippen LogP contribution in [0.2, 0.25) is 0 Å². The van der Waals surface area contributed by atoms with Crippen LogP contribution < -0.4 is 5.32 Å². The molecule has 0 saturated carbocycles. The van der Waals surface area contributed by atoms with Crippen molar-refractivity contribution in [1.82, 2.24) is 9.29 Å². The molecule has 1 aliphatic heterocycles. The van der Waals surface area contributed by atoms with Gasteiger partial charge in [-0.15, -0.1) is 0 Å². The number of rotatable bonds is 5. The summed E-state index contributed by atoms with van der Waals surface area (Å²) in [5.41, 5.74) is 2.08. The molecule has 1 aliphatic rings. The zero-order chi connectivity index (χ0) is 21.3. The van der Waals surface area contributed by atoms with Crippen LogP contribution in [0.25, 0.3) is 10.2 Å². The third kappa shape index (κ3) is 4.12. The van der Waals surface area contributed by atoms with Gasteiger partial charge in [-0.25, -0.2) is 13.4 Å². The monoisotopic (exact) mass is 443 g/mol. The number of nitrogens with zero attached hydrogens (tertiary/aromatic N) is 2. The third-order valence-electron chi connectivity index (χ3n) is 5.44. The standard InChI is InChI=1S/C22H25N3O3S2/c1-15(2)18-11-6-12-19-20(18)23-22(29-19)24-21(26)16-8-7-13-25(14-16)30(27,28)17-9-4-3-5-10-17/h3-6,9-12,15-16H,7-8,13-14H2,1-2H3,(H,23,24,26). The predicted octanol–water partition coefficient (Wildman–Crippen LogP) is 4.46. The van der Waals surface area contributed by atoms with E-state index < -0.39 is 15.9 Å². The molecule has 0 radical (unpaired) electrons. The molecule has 2 heterocycles. The van der Waals surface area contributed by atoms with Crippen molar-refractivity contribution in [2.24, 2.45) is 5.92 Å². The molecular formula is C22H25N3O3S2. The first kappa shape index (κ1) is 21.0. The molecule has 0 aliphatic carbocycles. The van der Waals surface area contributed by atoms with Crippen molar-refractivity contribution in [1.29, 1.82) is 0 Å². The highest BCUT2D eigenvalue weighted by atomic mass is 32.2. The lowest BCUT2D eigenvalue weighted by molar-refractivity contribution is -0.120. The minimum absolute atomic E-state index is 0.173. The number of carbonyl (C=O) groups is 1. The first-order valence-corrected chi connectivity index (χ1v) is 12.4. The fraction of sp³-hybridized carbons (Fsp3) is 0.364. The maximum Gasteiger partial charge on any atom is 0.243 e. The summed E-state index contributed by atoms with van der Waals surface area (Å²) in [7, 11) is -3.60. The first-order valence-electron chi connectivity index (χ1n) is 10.1. The number of hydrogen-bond donors (Lipinski definition) is 1. The maximum absolute atomic E-state index is 12.9. The van der Waals surface area contributed by atoms with E-state index in [-0.39, 0.29) is 17.3 Å². The number of benzene rings is 2. The second-order valence-electron chi connectivity index (χ2n) is 7.87. The Morgan fingerprint density at radius 3 is 2.67 bits per heavy atom. The smallest absolute Gasteiger partial charge is 0.243 e. The number of aromatic nitrogens is 1. The highest BCUT2D eigenvalue weighted by Gasteiger charge is 2.33. The molecule has 1 atom stereocenters. The Bertz CT molecular complexity index is 1160. The van der Waals surface area contributed by atoms with Gasteiger partial charge < -0.3 is 5.32 Å². The van der Waals surface area contributed by atoms with Gasteiger partial charge in [0.15, 0.2) is 5.13 Å². The summed E-state index contributed by atoms with van der Waals surface area (Å²) in [6.07, 6.45) is 1.32. The fourth-order valence-corrected chi connectivity index (χ4v) is 6.26. The zero-order valence-electron chi connectivity index (χ0n) is 17.0. The van der Waals surface area contributed by atoms with Gasteiger partial charge in [-0.05, 0) is 42.5 Å². The minimum Gasteiger partial charge on any atom is -0.302 e. The predicted molar refractivity (Wildman–Crippen MR) is 120 cm³/mol. The summed E-state index contributed by atoms with van der Waals surface area (Å²) in [4.78, 5) is 17.8. The Labute approximate surface area is 181 Å². The third-order valence-corrected chi connectivity index (χ3v) is 8.25. The molecular weight excluding hydrogens is 418 g/mol. The largest absolute Gasteiger partial charge is 0.302 e. The lowest BCUT2D eigenvalue weighted by atomic mass is 9.99. The van der Waals surface area contributed by atoms with Crippen LogP contribution in [-0.2, 0) is 14.8 Å². The average Bonchev–Trinajstić information content (AvgIpc) is 3.16. The SMILES string of the molecule is CC(C)c1cccc2sc(NC(=O)C3CCCN(S(=O)(=O)c4ccccc4)C3)nc12. The molecule has 30 heavy (non-hydrogen) atoms. The molecule has 6 nitrogen and oxygen atoms in total. The Kier molecular flexibility index (Phi) is 5.90. The minimum atomic E-state index is -3.60. The van der Waals surface area contributed by atoms with Gasteiger partial charge in [0.05, 0.1) is 21.0 Å². The van der Waals surface area contributed by atoms with Crippen LogP contribution in [0.15, 0.2) is 53.4 Å². The lowest BCUT2D eigenvalue weighted by Gasteiger charge is -2.31. The van der Waals surface area contributed by atoms with Crippen molar-refractivity contribution in [2.45, 2.75) is 37.5 Å². The molecule has 1 aromatic heterocycles. The molecule has 1 N–H and O–H groups in total. The van der Waals surface area contributed by atoms with Crippen LogP contribution in [-0.4, -0.2) is 36.7 Å². The molecule has 158 valence electrons. The number of thiazole rings is 1. The number of anilines is 1. The van der Waals surface area contributed by atoms with Gasteiger partial charge in [0, 0.05) is 13.1 Å². The topological polar surface area (TPSA) is 79.4 Å². The Morgan fingerprint density at radius 1 is 1.17 bits per heavy atom. The maximum atomic E-state index is 12.9. The van der Waals surface area contributed by atoms with Crippen LogP contribution in [0.4, 0.5) is 5.13 Å². The molecule has 0 spiro atoms. The van der Waals surface area contributed by atoms with E-state index in [4.69, 9.17) is 0 Å². The van der Waals surface area contributed by atoms with Gasteiger partial charge in [0.1, 0.15) is 0 Å². The quantitative estimate of drug-likeness (QED) is 0.631. The molecule has 2 aromatic carbocycles. The Balaban J connectivity index is 1.50. The molecule has 1 unspecified atom stereocenters. The number of sulfonamides is 1. The summed E-state index contributed by atoms with van der Waals surface area (Å²) < 4.78 is 28.3. The number of carbonyl (C=O) groups excluding carboxylic acids is 1. The van der Waals surface area contributed by atoms with Crippen LogP contribution >= 0.6 is 11.3 Å². The molecule has 3 aromatic rings. The van der Waals surface area contributed by atoms with Crippen LogP contribution in [0.3, 0.4) is 0 Å². The van der Waals surface area contributed by atoms with Gasteiger partial charge in [-0.1, -0.05) is 55.5 Å². The van der Waals surface area contributed by atoms with Gasteiger partial charge in [-0.3, -0.25) is 4.79 Å². The summed E-state index contributed by atoms with van der Waals surface area (Å²) in [6, 6.07) is 14.5. The van der Waals surface area contributed by atoms with Gasteiger partial charge in [0.25, 0.3) is 0 Å². The molecule has 8 heteroatoms. The van der Waals surface area contributed by atoms with E-state index in [0.717, 1.165) is 15.8 Å². The summed E-state index contributed by atoms with van der Waals surface area (Å²) in [5, 5.41) is 3.49. The molecule has 1 saturated heterocycles. The number of hydrogen-bond acceptors (Lipinski definition) is 5. The number of fused-ring (bicyclic) bond motifs is 1. The van der Waals surface area contributed by atoms with Crippen LogP contribution in [0, 0.1) is 5.92 Å². The first-order chi connectivity index (χ1) is 14.4. The van der Waals surface area contributed by atoms with Crippen molar-refractivity contribution in [3.63, 3.8) is 0 Å². The van der Waals surface area contributed by atoms with E-state index in [1.54, 1.807) is 30.3 Å². The molecule has 0 bridgehead atoms. The van der Waals surface area contributed by atoms with Crippen molar-refractivity contribution in [2.75, 3.05) is 18.4 Å². The molecule has 1 fully saturated rings. The second-order valence-corrected chi connectivity index (χ2v) is 10.8. The van der Waals surface area contributed by atoms with Gasteiger partial charge >= 0.3 is 0 Å². The van der Waals surface area contributed by atoms with Crippen molar-refractivity contribution >= 4 is 42.6 Å². The summed E-state index contributed by atoms with van der Waals surface area (Å²) in [6.45, 7) is 4.86. The van der Waals surface area contributed by atoms with E-state index in [2.05, 4.69) is 30.2 Å². The zero-order valence-corrected chi connectivity index (χ0v) is 18.7. The van der Waals surface area contributed by atoms with E-state index in [9.17, 15) is 13.2 Å². The summed E-state index contributed by atoms with van der Waals surface area (Å²) >= 11 is 1.45. The van der Waals surface area contributed by atoms with Crippen LogP contribution in [0.1, 0.15) is 38.2 Å². The van der Waals surface area contributed by atoms with Crippen molar-refractivity contribution in [3.8, 4) is 0 Å². The van der Waals surface area contributed by atoms with Crippen molar-refractivity contribution < 1.29 is 13.2 Å². The Morgan fingerprint density at radius 2 is 1.93 bits per heavy atom. The number of para-hydroxylation sites is 1. The molecule has 1 amide bonds. The van der Waals surface area contributed by atoms with Gasteiger partial charge in [-0.2, -0.15) is 4.31 Å². The van der Waals surface area contributed by atoms with Crippen molar-refractivity contribution in [3.05, 3.63) is 54.1 Å². The lowest BCUT2D eigenvalue weighted by Crippen LogP contribution is -2.43. The number of nitrogens with one attached hydrogen (secondary N) is 1.